The Morgan fingerprint density at radius 2 is 2.00 bits per heavy atom. The molecule has 144 valence electrons. The Bertz CT molecular complexity index is 1100. The lowest BCUT2D eigenvalue weighted by Gasteiger charge is -2.10. The number of carbonyl (C=O) groups is 1. The molecular formula is C20H17ClFN3O2S. The fraction of sp³-hybridized carbons (Fsp3) is 0.150. The molecule has 3 rings (SSSR count). The summed E-state index contributed by atoms with van der Waals surface area (Å²) >= 11 is 6.74. The molecule has 1 N–H and O–H groups in total. The van der Waals surface area contributed by atoms with Gasteiger partial charge in [0.2, 0.25) is 5.91 Å². The summed E-state index contributed by atoms with van der Waals surface area (Å²) in [6, 6.07) is 9.65. The zero-order valence-corrected chi connectivity index (χ0v) is 16.8. The monoisotopic (exact) mass is 417 g/mol. The first-order valence-electron chi connectivity index (χ1n) is 8.38. The van der Waals surface area contributed by atoms with Crippen LogP contribution in [0.5, 0.6) is 0 Å². The normalized spacial score (nSPS) is 10.7. The number of amides is 1. The molecule has 1 amide bonds. The van der Waals surface area contributed by atoms with E-state index in [4.69, 9.17) is 11.6 Å². The zero-order valence-electron chi connectivity index (χ0n) is 15.2. The number of thioether (sulfide) groups is 1. The molecular weight excluding hydrogens is 401 g/mol. The van der Waals surface area contributed by atoms with Crippen LogP contribution in [0.2, 0.25) is 5.02 Å². The van der Waals surface area contributed by atoms with Crippen LogP contribution in [-0.2, 0) is 4.79 Å². The van der Waals surface area contributed by atoms with E-state index >= 15 is 0 Å². The van der Waals surface area contributed by atoms with Crippen molar-refractivity contribution in [3.8, 4) is 5.69 Å². The van der Waals surface area contributed by atoms with Crippen LogP contribution in [0.25, 0.3) is 5.69 Å². The van der Waals surface area contributed by atoms with Gasteiger partial charge in [-0.25, -0.2) is 9.37 Å². The van der Waals surface area contributed by atoms with E-state index in [0.717, 1.165) is 28.6 Å². The van der Waals surface area contributed by atoms with Crippen LogP contribution < -0.4 is 10.9 Å². The van der Waals surface area contributed by atoms with Gasteiger partial charge >= 0.3 is 0 Å². The van der Waals surface area contributed by atoms with Crippen LogP contribution in [0, 0.1) is 19.7 Å². The molecule has 0 aliphatic heterocycles. The number of nitrogens with zero attached hydrogens (tertiary/aromatic N) is 2. The number of carbonyl (C=O) groups excluding carboxylic acids is 1. The third-order valence-electron chi connectivity index (χ3n) is 4.12. The van der Waals surface area contributed by atoms with Crippen LogP contribution in [0.3, 0.4) is 0 Å². The molecule has 5 nitrogen and oxygen atoms in total. The quantitative estimate of drug-likeness (QED) is 0.626. The number of anilines is 1. The number of halogens is 2. The molecule has 0 bridgehead atoms. The molecule has 2 aromatic carbocycles. The maximum atomic E-state index is 13.2. The predicted molar refractivity (Wildman–Crippen MR) is 110 cm³/mol. The van der Waals surface area contributed by atoms with Crippen LogP contribution in [0.1, 0.15) is 11.1 Å². The van der Waals surface area contributed by atoms with Crippen molar-refractivity contribution in [1.29, 1.82) is 0 Å². The minimum Gasteiger partial charge on any atom is -0.325 e. The number of hydrogen-bond acceptors (Lipinski definition) is 4. The van der Waals surface area contributed by atoms with E-state index in [0.29, 0.717) is 5.69 Å². The highest BCUT2D eigenvalue weighted by molar-refractivity contribution is 7.99. The lowest BCUT2D eigenvalue weighted by atomic mass is 10.1. The highest BCUT2D eigenvalue weighted by atomic mass is 35.5. The van der Waals surface area contributed by atoms with E-state index in [2.05, 4.69) is 10.3 Å². The third kappa shape index (κ3) is 4.61. The summed E-state index contributed by atoms with van der Waals surface area (Å²) < 4.78 is 14.7. The van der Waals surface area contributed by atoms with Gasteiger partial charge in [0, 0.05) is 23.8 Å². The Kier molecular flexibility index (Phi) is 6.16. The SMILES string of the molecule is Cc1ccc(-n2ccnc(SCC(=O)Nc3ccc(F)c(Cl)c3)c2=O)cc1C. The molecule has 1 heterocycles. The number of aryl methyl sites for hydroxylation is 2. The molecule has 0 atom stereocenters. The van der Waals surface area contributed by atoms with E-state index in [-0.39, 0.29) is 27.3 Å². The maximum Gasteiger partial charge on any atom is 0.287 e. The standard InChI is InChI=1S/C20H17ClFN3O2S/c1-12-3-5-15(9-13(12)2)25-8-7-23-19(20(25)27)28-11-18(26)24-14-4-6-17(22)16(21)10-14/h3-10H,11H2,1-2H3,(H,24,26). The minimum atomic E-state index is -0.561. The fourth-order valence-corrected chi connectivity index (χ4v) is 3.35. The largest absolute Gasteiger partial charge is 0.325 e. The van der Waals surface area contributed by atoms with Gasteiger partial charge in [-0.3, -0.25) is 14.2 Å². The number of rotatable bonds is 5. The Labute approximate surface area is 170 Å². The zero-order chi connectivity index (χ0) is 20.3. The van der Waals surface area contributed by atoms with Gasteiger partial charge in [0.25, 0.3) is 5.56 Å². The topological polar surface area (TPSA) is 64.0 Å². The van der Waals surface area contributed by atoms with E-state index in [1.54, 1.807) is 6.20 Å². The molecule has 0 saturated heterocycles. The smallest absolute Gasteiger partial charge is 0.287 e. The summed E-state index contributed by atoms with van der Waals surface area (Å²) in [6.45, 7) is 3.98. The van der Waals surface area contributed by atoms with Crippen molar-refractivity contribution >= 4 is 35.0 Å². The summed E-state index contributed by atoms with van der Waals surface area (Å²) in [6.07, 6.45) is 3.12. The predicted octanol–water partition coefficient (Wildman–Crippen LogP) is 4.37. The van der Waals surface area contributed by atoms with Crippen LogP contribution in [0.4, 0.5) is 10.1 Å². The van der Waals surface area contributed by atoms with Gasteiger partial charge in [-0.05, 0) is 55.3 Å². The van der Waals surface area contributed by atoms with Gasteiger partial charge in [-0.1, -0.05) is 29.4 Å². The van der Waals surface area contributed by atoms with E-state index in [9.17, 15) is 14.0 Å². The Hall–Kier alpha value is -2.64. The Morgan fingerprint density at radius 3 is 2.71 bits per heavy atom. The lowest BCUT2D eigenvalue weighted by molar-refractivity contribution is -0.113. The molecule has 0 aliphatic carbocycles. The molecule has 1 aromatic heterocycles. The summed E-state index contributed by atoms with van der Waals surface area (Å²) in [5.74, 6) is -0.932. The first-order valence-corrected chi connectivity index (χ1v) is 9.74. The first kappa shape index (κ1) is 20.1. The summed E-state index contributed by atoms with van der Waals surface area (Å²) in [5.41, 5.74) is 3.03. The summed E-state index contributed by atoms with van der Waals surface area (Å²) in [7, 11) is 0. The van der Waals surface area contributed by atoms with Crippen molar-refractivity contribution in [2.45, 2.75) is 18.9 Å². The second kappa shape index (κ2) is 8.58. The fourth-order valence-electron chi connectivity index (χ4n) is 2.48. The molecule has 3 aromatic rings. The van der Waals surface area contributed by atoms with Crippen molar-refractivity contribution in [2.75, 3.05) is 11.1 Å². The van der Waals surface area contributed by atoms with Crippen molar-refractivity contribution in [1.82, 2.24) is 9.55 Å². The summed E-state index contributed by atoms with van der Waals surface area (Å²) in [5, 5.41) is 2.75. The lowest BCUT2D eigenvalue weighted by Crippen LogP contribution is -2.22. The molecule has 0 fully saturated rings. The van der Waals surface area contributed by atoms with Gasteiger partial charge in [0.05, 0.1) is 10.8 Å². The van der Waals surface area contributed by atoms with Gasteiger partial charge in [-0.15, -0.1) is 0 Å². The Balaban J connectivity index is 1.72. The molecule has 0 unspecified atom stereocenters. The van der Waals surface area contributed by atoms with E-state index in [1.165, 1.54) is 29.0 Å². The highest BCUT2D eigenvalue weighted by Gasteiger charge is 2.11. The summed E-state index contributed by atoms with van der Waals surface area (Å²) in [4.78, 5) is 28.9. The highest BCUT2D eigenvalue weighted by Crippen LogP contribution is 2.20. The third-order valence-corrected chi connectivity index (χ3v) is 5.37. The molecule has 0 radical (unpaired) electrons. The first-order chi connectivity index (χ1) is 13.3. The Morgan fingerprint density at radius 1 is 1.21 bits per heavy atom. The van der Waals surface area contributed by atoms with Gasteiger partial charge < -0.3 is 5.32 Å². The van der Waals surface area contributed by atoms with Crippen molar-refractivity contribution in [3.63, 3.8) is 0 Å². The van der Waals surface area contributed by atoms with Crippen LogP contribution in [-0.4, -0.2) is 21.2 Å². The van der Waals surface area contributed by atoms with Crippen LogP contribution >= 0.6 is 23.4 Å². The molecule has 28 heavy (non-hydrogen) atoms. The average Bonchev–Trinajstić information content (AvgIpc) is 2.66. The van der Waals surface area contributed by atoms with Gasteiger partial charge in [0.1, 0.15) is 5.82 Å². The maximum absolute atomic E-state index is 13.2. The molecule has 8 heteroatoms. The number of hydrogen-bond donors (Lipinski definition) is 1. The second-order valence-corrected chi connectivity index (χ2v) is 7.51. The number of benzene rings is 2. The molecule has 0 spiro atoms. The van der Waals surface area contributed by atoms with Gasteiger partial charge in [0.15, 0.2) is 5.03 Å². The number of nitrogens with one attached hydrogen (secondary N) is 1. The van der Waals surface area contributed by atoms with Crippen molar-refractivity contribution in [3.05, 3.63) is 81.1 Å². The average molecular weight is 418 g/mol. The van der Waals surface area contributed by atoms with E-state index in [1.807, 2.05) is 32.0 Å². The van der Waals surface area contributed by atoms with Gasteiger partial charge in [-0.2, -0.15) is 0 Å². The van der Waals surface area contributed by atoms with Crippen LogP contribution in [0.15, 0.2) is 58.6 Å². The van der Waals surface area contributed by atoms with Crippen molar-refractivity contribution in [2.24, 2.45) is 0 Å². The second-order valence-electron chi connectivity index (χ2n) is 6.14. The minimum absolute atomic E-state index is 0.0197. The molecule has 0 aliphatic rings. The van der Waals surface area contributed by atoms with Crippen molar-refractivity contribution < 1.29 is 9.18 Å². The molecule has 0 saturated carbocycles. The number of aromatic nitrogens is 2. The van der Waals surface area contributed by atoms with E-state index < -0.39 is 5.82 Å².